The molecule has 0 atom stereocenters. The molecular formula is C26H27Cl2F2N3O2S. The molecule has 0 fully saturated rings. The number of nitrogens with one attached hydrogen (secondary N) is 2. The highest BCUT2D eigenvalue weighted by molar-refractivity contribution is 7.99. The molecule has 36 heavy (non-hydrogen) atoms. The van der Waals surface area contributed by atoms with Crippen LogP contribution < -0.4 is 10.6 Å². The maximum absolute atomic E-state index is 12.7. The Balaban J connectivity index is 0.000000346. The van der Waals surface area contributed by atoms with Crippen LogP contribution in [0.15, 0.2) is 53.6 Å². The number of thioether (sulfide) groups is 1. The molecule has 0 aliphatic carbocycles. The van der Waals surface area contributed by atoms with Crippen LogP contribution in [-0.4, -0.2) is 30.0 Å². The first-order valence-corrected chi connectivity index (χ1v) is 12.7. The summed E-state index contributed by atoms with van der Waals surface area (Å²) in [6.45, 7) is 5.68. The van der Waals surface area contributed by atoms with E-state index in [2.05, 4.69) is 22.5 Å². The standard InChI is InChI=1S/C19H21ClN2O2S.C7H6ClF2N/c1-4-25-15-7-5-13(21-11-15)10-18(24)22-14-6-8-16(17(20)9-14)19(2,3)12-23;1-11-7-2-4(8)5(9)3-6(7)10/h5-9,11-12H,4,10H2,1-3H3,(H,22,24);2-3,11H,1H3. The van der Waals surface area contributed by atoms with Gasteiger partial charge in [-0.15, -0.1) is 11.8 Å². The van der Waals surface area contributed by atoms with Gasteiger partial charge >= 0.3 is 0 Å². The first-order chi connectivity index (χ1) is 17.0. The molecule has 0 aliphatic rings. The van der Waals surface area contributed by atoms with Gasteiger partial charge in [-0.3, -0.25) is 9.78 Å². The topological polar surface area (TPSA) is 71.1 Å². The molecule has 2 aromatic carbocycles. The van der Waals surface area contributed by atoms with Crippen LogP contribution in [0.4, 0.5) is 20.2 Å². The molecular weight excluding hydrogens is 527 g/mol. The molecule has 3 rings (SSSR count). The average molecular weight is 554 g/mol. The van der Waals surface area contributed by atoms with Gasteiger partial charge in [0.05, 0.1) is 17.1 Å². The molecule has 3 aromatic rings. The zero-order valence-electron chi connectivity index (χ0n) is 20.3. The Morgan fingerprint density at radius 1 is 1.08 bits per heavy atom. The molecule has 10 heteroatoms. The number of carbonyl (C=O) groups excluding carboxylic acids is 2. The molecule has 0 unspecified atom stereocenters. The summed E-state index contributed by atoms with van der Waals surface area (Å²) in [5, 5.41) is 5.71. The third kappa shape index (κ3) is 8.47. The second kappa shape index (κ2) is 13.6. The van der Waals surface area contributed by atoms with E-state index in [1.54, 1.807) is 50.0 Å². The number of aromatic nitrogens is 1. The number of halogens is 4. The Morgan fingerprint density at radius 2 is 1.81 bits per heavy atom. The number of hydrogen-bond donors (Lipinski definition) is 2. The lowest BCUT2D eigenvalue weighted by atomic mass is 9.86. The van der Waals surface area contributed by atoms with Crippen LogP contribution in [0, 0.1) is 11.6 Å². The van der Waals surface area contributed by atoms with Gasteiger partial charge in [0.25, 0.3) is 0 Å². The van der Waals surface area contributed by atoms with E-state index >= 15 is 0 Å². The number of nitrogens with zero attached hydrogens (tertiary/aromatic N) is 1. The SMILES string of the molecule is CCSc1ccc(CC(=O)Nc2ccc(C(C)(C)C=O)c(Cl)c2)nc1.CNc1cc(Cl)c(F)cc1F. The van der Waals surface area contributed by atoms with Crippen molar-refractivity contribution in [2.24, 2.45) is 0 Å². The normalized spacial score (nSPS) is 10.8. The quantitative estimate of drug-likeness (QED) is 0.176. The summed E-state index contributed by atoms with van der Waals surface area (Å²) < 4.78 is 25.2. The molecule has 1 heterocycles. The molecule has 192 valence electrons. The van der Waals surface area contributed by atoms with Crippen molar-refractivity contribution in [3.63, 3.8) is 0 Å². The number of hydrogen-bond acceptors (Lipinski definition) is 5. The monoisotopic (exact) mass is 553 g/mol. The van der Waals surface area contributed by atoms with E-state index in [0.29, 0.717) is 16.4 Å². The van der Waals surface area contributed by atoms with Gasteiger partial charge in [-0.1, -0.05) is 36.2 Å². The van der Waals surface area contributed by atoms with E-state index in [9.17, 15) is 18.4 Å². The summed E-state index contributed by atoms with van der Waals surface area (Å²) in [5.74, 6) is -0.571. The number of amides is 1. The molecule has 1 aromatic heterocycles. The zero-order chi connectivity index (χ0) is 26.9. The van der Waals surface area contributed by atoms with E-state index in [4.69, 9.17) is 23.2 Å². The zero-order valence-corrected chi connectivity index (χ0v) is 22.6. The van der Waals surface area contributed by atoms with Crippen molar-refractivity contribution in [3.8, 4) is 0 Å². The van der Waals surface area contributed by atoms with Gasteiger partial charge in [0, 0.05) is 46.0 Å². The number of rotatable bonds is 8. The summed E-state index contributed by atoms with van der Waals surface area (Å²) in [6, 6.07) is 11.0. The number of benzene rings is 2. The van der Waals surface area contributed by atoms with Gasteiger partial charge < -0.3 is 15.4 Å². The van der Waals surface area contributed by atoms with Gasteiger partial charge in [0.15, 0.2) is 0 Å². The van der Waals surface area contributed by atoms with Crippen molar-refractivity contribution in [2.75, 3.05) is 23.4 Å². The molecule has 0 bridgehead atoms. The maximum atomic E-state index is 12.7. The van der Waals surface area contributed by atoms with Crippen LogP contribution in [0.2, 0.25) is 10.0 Å². The second-order valence-corrected chi connectivity index (χ2v) is 10.3. The molecule has 1 amide bonds. The third-order valence-corrected chi connectivity index (χ3v) is 6.44. The Morgan fingerprint density at radius 3 is 2.36 bits per heavy atom. The largest absolute Gasteiger partial charge is 0.386 e. The van der Waals surface area contributed by atoms with Crippen LogP contribution in [0.5, 0.6) is 0 Å². The highest BCUT2D eigenvalue weighted by atomic mass is 35.5. The fraction of sp³-hybridized carbons (Fsp3) is 0.269. The molecule has 5 nitrogen and oxygen atoms in total. The van der Waals surface area contributed by atoms with Crippen LogP contribution in [0.1, 0.15) is 32.0 Å². The van der Waals surface area contributed by atoms with Crippen molar-refractivity contribution in [1.29, 1.82) is 0 Å². The smallest absolute Gasteiger partial charge is 0.230 e. The third-order valence-electron chi connectivity index (χ3n) is 4.97. The minimum Gasteiger partial charge on any atom is -0.386 e. The van der Waals surface area contributed by atoms with E-state index in [0.717, 1.165) is 28.6 Å². The maximum Gasteiger partial charge on any atom is 0.230 e. The first kappa shape index (κ1) is 29.5. The predicted octanol–water partition coefficient (Wildman–Crippen LogP) is 7.16. The van der Waals surface area contributed by atoms with E-state index < -0.39 is 17.0 Å². The second-order valence-electron chi connectivity index (χ2n) is 8.17. The van der Waals surface area contributed by atoms with Gasteiger partial charge in [-0.05, 0) is 55.5 Å². The van der Waals surface area contributed by atoms with Gasteiger partial charge in [-0.2, -0.15) is 0 Å². The number of aldehydes is 1. The summed E-state index contributed by atoms with van der Waals surface area (Å²) in [6.07, 6.45) is 2.83. The molecule has 0 radical (unpaired) electrons. The molecule has 2 N–H and O–H groups in total. The van der Waals surface area contributed by atoms with Crippen molar-refractivity contribution in [2.45, 2.75) is 37.5 Å². The Labute approximate surface area is 224 Å². The Hall–Kier alpha value is -2.68. The highest BCUT2D eigenvalue weighted by Crippen LogP contribution is 2.30. The van der Waals surface area contributed by atoms with Gasteiger partial charge in [-0.25, -0.2) is 8.78 Å². The average Bonchev–Trinajstić information content (AvgIpc) is 2.83. The van der Waals surface area contributed by atoms with Crippen LogP contribution >= 0.6 is 35.0 Å². The first-order valence-electron chi connectivity index (χ1n) is 11.0. The van der Waals surface area contributed by atoms with E-state index in [-0.39, 0.29) is 23.0 Å². The van der Waals surface area contributed by atoms with Crippen LogP contribution in [-0.2, 0) is 21.4 Å². The molecule has 0 spiro atoms. The fourth-order valence-electron chi connectivity index (χ4n) is 3.03. The van der Waals surface area contributed by atoms with Crippen LogP contribution in [0.3, 0.4) is 0 Å². The van der Waals surface area contributed by atoms with Crippen molar-refractivity contribution >= 4 is 58.5 Å². The minimum absolute atomic E-state index is 0.0873. The van der Waals surface area contributed by atoms with E-state index in [1.165, 1.54) is 13.1 Å². The van der Waals surface area contributed by atoms with Gasteiger partial charge in [0.1, 0.15) is 17.9 Å². The molecule has 0 saturated heterocycles. The lowest BCUT2D eigenvalue weighted by Crippen LogP contribution is -2.20. The Kier molecular flexibility index (Phi) is 11.1. The van der Waals surface area contributed by atoms with Crippen molar-refractivity contribution < 1.29 is 18.4 Å². The summed E-state index contributed by atoms with van der Waals surface area (Å²) in [5.41, 5.74) is 1.56. The van der Waals surface area contributed by atoms with E-state index in [1.807, 2.05) is 12.1 Å². The minimum atomic E-state index is -0.747. The lowest BCUT2D eigenvalue weighted by Gasteiger charge is -2.19. The van der Waals surface area contributed by atoms with Gasteiger partial charge in [0.2, 0.25) is 5.91 Å². The summed E-state index contributed by atoms with van der Waals surface area (Å²) in [7, 11) is 1.53. The lowest BCUT2D eigenvalue weighted by molar-refractivity contribution is -0.115. The van der Waals surface area contributed by atoms with Crippen molar-refractivity contribution in [3.05, 3.63) is 81.6 Å². The number of pyridine rings is 1. The summed E-state index contributed by atoms with van der Waals surface area (Å²) >= 11 is 13.4. The van der Waals surface area contributed by atoms with Crippen LogP contribution in [0.25, 0.3) is 0 Å². The Bertz CT molecular complexity index is 1210. The number of anilines is 2. The predicted molar refractivity (Wildman–Crippen MR) is 144 cm³/mol. The number of carbonyl (C=O) groups is 2. The summed E-state index contributed by atoms with van der Waals surface area (Å²) in [4.78, 5) is 28.8. The highest BCUT2D eigenvalue weighted by Gasteiger charge is 2.22. The molecule has 0 saturated carbocycles. The fourth-order valence-corrected chi connectivity index (χ4v) is 4.24. The van der Waals surface area contributed by atoms with Crippen molar-refractivity contribution in [1.82, 2.24) is 4.98 Å². The molecule has 0 aliphatic heterocycles.